The zero-order valence-electron chi connectivity index (χ0n) is 13.1. The van der Waals surface area contributed by atoms with E-state index in [4.69, 9.17) is 9.47 Å². The standard InChI is InChI=1S/C15H28N2O3/c1-11(2)14(18)17-7-5-12(6-8-17)16-13-9-19-15(3,4)20-10-13/h11-13,16H,5-10H2,1-4H3. The molecule has 5 heteroatoms. The highest BCUT2D eigenvalue weighted by Gasteiger charge is 2.31. The van der Waals surface area contributed by atoms with Gasteiger partial charge in [0.2, 0.25) is 5.91 Å². The number of amides is 1. The first kappa shape index (κ1) is 15.7. The van der Waals surface area contributed by atoms with Gasteiger partial charge >= 0.3 is 0 Å². The second kappa shape index (κ2) is 6.41. The van der Waals surface area contributed by atoms with Crippen molar-refractivity contribution in [3.63, 3.8) is 0 Å². The van der Waals surface area contributed by atoms with Gasteiger partial charge in [0.25, 0.3) is 0 Å². The molecule has 0 radical (unpaired) electrons. The predicted molar refractivity (Wildman–Crippen MR) is 77.3 cm³/mol. The number of hydrogen-bond acceptors (Lipinski definition) is 4. The van der Waals surface area contributed by atoms with E-state index in [1.807, 2.05) is 32.6 Å². The van der Waals surface area contributed by atoms with Gasteiger partial charge in [-0.2, -0.15) is 0 Å². The van der Waals surface area contributed by atoms with Crippen LogP contribution in [0.4, 0.5) is 0 Å². The maximum atomic E-state index is 11.9. The molecule has 0 spiro atoms. The van der Waals surface area contributed by atoms with E-state index in [1.165, 1.54) is 0 Å². The molecule has 0 saturated carbocycles. The van der Waals surface area contributed by atoms with Crippen LogP contribution in [-0.2, 0) is 14.3 Å². The quantitative estimate of drug-likeness (QED) is 0.850. The van der Waals surface area contributed by atoms with Crippen LogP contribution in [0.5, 0.6) is 0 Å². The lowest BCUT2D eigenvalue weighted by atomic mass is 10.0. The third-order valence-corrected chi connectivity index (χ3v) is 4.04. The summed E-state index contributed by atoms with van der Waals surface area (Å²) in [7, 11) is 0. The fraction of sp³-hybridized carbons (Fsp3) is 0.933. The van der Waals surface area contributed by atoms with E-state index in [0.29, 0.717) is 19.3 Å². The maximum Gasteiger partial charge on any atom is 0.225 e. The van der Waals surface area contributed by atoms with Crippen LogP contribution in [-0.4, -0.2) is 55.0 Å². The number of nitrogens with zero attached hydrogens (tertiary/aromatic N) is 1. The monoisotopic (exact) mass is 284 g/mol. The Labute approximate surface area is 122 Å². The predicted octanol–water partition coefficient (Wildman–Crippen LogP) is 1.37. The lowest BCUT2D eigenvalue weighted by molar-refractivity contribution is -0.253. The van der Waals surface area contributed by atoms with Gasteiger partial charge in [-0.25, -0.2) is 0 Å². The fourth-order valence-electron chi connectivity index (χ4n) is 2.75. The lowest BCUT2D eigenvalue weighted by Crippen LogP contribution is -2.54. The summed E-state index contributed by atoms with van der Waals surface area (Å²) in [5, 5.41) is 3.60. The minimum absolute atomic E-state index is 0.0990. The van der Waals surface area contributed by atoms with Gasteiger partial charge in [0.05, 0.1) is 19.3 Å². The molecule has 0 atom stereocenters. The van der Waals surface area contributed by atoms with E-state index < -0.39 is 5.79 Å². The van der Waals surface area contributed by atoms with Crippen LogP contribution in [0.1, 0.15) is 40.5 Å². The Morgan fingerprint density at radius 2 is 1.70 bits per heavy atom. The van der Waals surface area contributed by atoms with Crippen molar-refractivity contribution < 1.29 is 14.3 Å². The van der Waals surface area contributed by atoms with Gasteiger partial charge in [0, 0.05) is 25.0 Å². The van der Waals surface area contributed by atoms with Gasteiger partial charge in [0.1, 0.15) is 0 Å². The third-order valence-electron chi connectivity index (χ3n) is 4.04. The number of carbonyl (C=O) groups is 1. The zero-order chi connectivity index (χ0) is 14.8. The van der Waals surface area contributed by atoms with Gasteiger partial charge in [-0.3, -0.25) is 4.79 Å². The van der Waals surface area contributed by atoms with Crippen LogP contribution >= 0.6 is 0 Å². The van der Waals surface area contributed by atoms with E-state index in [-0.39, 0.29) is 17.9 Å². The summed E-state index contributed by atoms with van der Waals surface area (Å²) >= 11 is 0. The van der Waals surface area contributed by atoms with Gasteiger partial charge < -0.3 is 19.7 Å². The van der Waals surface area contributed by atoms with Crippen molar-refractivity contribution in [1.82, 2.24) is 10.2 Å². The van der Waals surface area contributed by atoms with E-state index in [1.54, 1.807) is 0 Å². The molecule has 5 nitrogen and oxygen atoms in total. The molecule has 116 valence electrons. The van der Waals surface area contributed by atoms with Crippen molar-refractivity contribution >= 4 is 5.91 Å². The number of hydrogen-bond donors (Lipinski definition) is 1. The molecule has 2 aliphatic heterocycles. The first-order valence-electron chi connectivity index (χ1n) is 7.70. The number of piperidine rings is 1. The molecule has 0 bridgehead atoms. The highest BCUT2D eigenvalue weighted by Crippen LogP contribution is 2.19. The SMILES string of the molecule is CC(C)C(=O)N1CCC(NC2COC(C)(C)OC2)CC1. The van der Waals surface area contributed by atoms with E-state index in [9.17, 15) is 4.79 Å². The number of nitrogens with one attached hydrogen (secondary N) is 1. The van der Waals surface area contributed by atoms with E-state index in [2.05, 4.69) is 5.32 Å². The smallest absolute Gasteiger partial charge is 0.225 e. The van der Waals surface area contributed by atoms with Crippen LogP contribution in [0.2, 0.25) is 0 Å². The van der Waals surface area contributed by atoms with Crippen LogP contribution in [0.3, 0.4) is 0 Å². The molecule has 0 aliphatic carbocycles. The molecule has 1 N–H and O–H groups in total. The van der Waals surface area contributed by atoms with Crippen LogP contribution in [0.25, 0.3) is 0 Å². The number of likely N-dealkylation sites (tertiary alicyclic amines) is 1. The average molecular weight is 284 g/mol. The Balaban J connectivity index is 1.71. The Bertz CT molecular complexity index is 326. The van der Waals surface area contributed by atoms with Crippen molar-refractivity contribution in [1.29, 1.82) is 0 Å². The van der Waals surface area contributed by atoms with E-state index in [0.717, 1.165) is 25.9 Å². The summed E-state index contributed by atoms with van der Waals surface area (Å²) in [4.78, 5) is 13.9. The largest absolute Gasteiger partial charge is 0.349 e. The van der Waals surface area contributed by atoms with Gasteiger partial charge in [0.15, 0.2) is 5.79 Å². The number of rotatable bonds is 3. The van der Waals surface area contributed by atoms with Crippen molar-refractivity contribution in [3.05, 3.63) is 0 Å². The summed E-state index contributed by atoms with van der Waals surface area (Å²) in [6, 6.07) is 0.727. The van der Waals surface area contributed by atoms with Gasteiger partial charge in [-0.05, 0) is 26.7 Å². The number of ether oxygens (including phenoxy) is 2. The zero-order valence-corrected chi connectivity index (χ0v) is 13.1. The van der Waals surface area contributed by atoms with Crippen molar-refractivity contribution in [3.8, 4) is 0 Å². The topological polar surface area (TPSA) is 50.8 Å². The van der Waals surface area contributed by atoms with Crippen molar-refractivity contribution in [2.75, 3.05) is 26.3 Å². The Morgan fingerprint density at radius 1 is 1.15 bits per heavy atom. The molecule has 0 aromatic carbocycles. The molecule has 20 heavy (non-hydrogen) atoms. The van der Waals surface area contributed by atoms with Crippen LogP contribution < -0.4 is 5.32 Å². The molecule has 2 aliphatic rings. The molecule has 2 fully saturated rings. The Hall–Kier alpha value is -0.650. The molecule has 0 aromatic heterocycles. The molecule has 2 rings (SSSR count). The van der Waals surface area contributed by atoms with Gasteiger partial charge in [-0.15, -0.1) is 0 Å². The Kier molecular flexibility index (Phi) is 5.04. The second-order valence-electron chi connectivity index (χ2n) is 6.64. The number of carbonyl (C=O) groups excluding carboxylic acids is 1. The second-order valence-corrected chi connectivity index (χ2v) is 6.64. The minimum atomic E-state index is -0.453. The molecular weight excluding hydrogens is 256 g/mol. The van der Waals surface area contributed by atoms with Gasteiger partial charge in [-0.1, -0.05) is 13.8 Å². The lowest BCUT2D eigenvalue weighted by Gasteiger charge is -2.39. The molecule has 0 aromatic rings. The first-order valence-corrected chi connectivity index (χ1v) is 7.70. The highest BCUT2D eigenvalue weighted by molar-refractivity contribution is 5.78. The van der Waals surface area contributed by atoms with Crippen LogP contribution in [0.15, 0.2) is 0 Å². The first-order chi connectivity index (χ1) is 9.37. The Morgan fingerprint density at radius 3 is 2.20 bits per heavy atom. The van der Waals surface area contributed by atoms with Crippen molar-refractivity contribution in [2.24, 2.45) is 5.92 Å². The van der Waals surface area contributed by atoms with Crippen LogP contribution in [0, 0.1) is 5.92 Å². The summed E-state index contributed by atoms with van der Waals surface area (Å²) < 4.78 is 11.3. The normalized spacial score (nSPS) is 25.1. The molecular formula is C15H28N2O3. The molecule has 2 heterocycles. The molecule has 2 saturated heterocycles. The highest BCUT2D eigenvalue weighted by atomic mass is 16.7. The van der Waals surface area contributed by atoms with E-state index >= 15 is 0 Å². The minimum Gasteiger partial charge on any atom is -0.349 e. The van der Waals surface area contributed by atoms with Crippen molar-refractivity contribution in [2.45, 2.75) is 58.4 Å². The fourth-order valence-corrected chi connectivity index (χ4v) is 2.75. The summed E-state index contributed by atoms with van der Waals surface area (Å²) in [6.45, 7) is 10.9. The third kappa shape index (κ3) is 4.17. The average Bonchev–Trinajstić information content (AvgIpc) is 2.41. The molecule has 1 amide bonds. The molecule has 0 unspecified atom stereocenters. The summed E-state index contributed by atoms with van der Waals surface area (Å²) in [6.07, 6.45) is 2.02. The maximum absolute atomic E-state index is 11.9. The summed E-state index contributed by atoms with van der Waals surface area (Å²) in [5.41, 5.74) is 0. The summed E-state index contributed by atoms with van der Waals surface area (Å²) in [5.74, 6) is -0.0815.